The lowest BCUT2D eigenvalue weighted by Gasteiger charge is -2.32. The highest BCUT2D eigenvalue weighted by atomic mass is 32.2. The number of hydrogen-bond donors (Lipinski definition) is 2. The van der Waals surface area contributed by atoms with Gasteiger partial charge >= 0.3 is 0 Å². The fourth-order valence-electron chi connectivity index (χ4n) is 4.52. The van der Waals surface area contributed by atoms with Gasteiger partial charge < -0.3 is 10.6 Å². The molecule has 1 aliphatic heterocycles. The van der Waals surface area contributed by atoms with E-state index in [1.807, 2.05) is 61.5 Å². The Labute approximate surface area is 206 Å². The van der Waals surface area contributed by atoms with Gasteiger partial charge in [0, 0.05) is 37.9 Å². The molecule has 0 aromatic heterocycles. The van der Waals surface area contributed by atoms with Crippen LogP contribution in [0.4, 0.5) is 0 Å². The van der Waals surface area contributed by atoms with Crippen molar-refractivity contribution in [2.45, 2.75) is 50.1 Å². The van der Waals surface area contributed by atoms with E-state index in [1.54, 1.807) is 12.1 Å². The van der Waals surface area contributed by atoms with Crippen LogP contribution in [0.1, 0.15) is 30.9 Å². The van der Waals surface area contributed by atoms with Gasteiger partial charge in [-0.3, -0.25) is 9.59 Å². The van der Waals surface area contributed by atoms with E-state index in [2.05, 4.69) is 10.6 Å². The molecule has 35 heavy (non-hydrogen) atoms. The smallest absolute Gasteiger partial charge is 0.243 e. The predicted octanol–water partition coefficient (Wildman–Crippen LogP) is 3.16. The summed E-state index contributed by atoms with van der Waals surface area (Å²) in [7, 11) is -3.65. The molecule has 2 N–H and O–H groups in total. The SMILES string of the molecule is CC(=O)N[C@H](Cc1ccc(C)cc1)C(=O)NC1CCN(S(=O)(=O)c2cccc3ccccc23)CC1. The Morgan fingerprint density at radius 1 is 0.971 bits per heavy atom. The summed E-state index contributed by atoms with van der Waals surface area (Å²) in [6, 6.07) is 19.8. The van der Waals surface area contributed by atoms with E-state index in [0.29, 0.717) is 42.6 Å². The van der Waals surface area contributed by atoms with Gasteiger partial charge in [0.15, 0.2) is 0 Å². The molecule has 4 rings (SSSR count). The van der Waals surface area contributed by atoms with Crippen LogP contribution in [0.2, 0.25) is 0 Å². The number of carbonyl (C=O) groups excluding carboxylic acids is 2. The number of nitrogens with one attached hydrogen (secondary N) is 2. The van der Waals surface area contributed by atoms with Crippen molar-refractivity contribution in [3.63, 3.8) is 0 Å². The van der Waals surface area contributed by atoms with E-state index in [-0.39, 0.29) is 17.9 Å². The fourth-order valence-corrected chi connectivity index (χ4v) is 6.20. The number of amides is 2. The van der Waals surface area contributed by atoms with Gasteiger partial charge in [0.05, 0.1) is 4.90 Å². The second-order valence-corrected chi connectivity index (χ2v) is 11.0. The van der Waals surface area contributed by atoms with Crippen LogP contribution in [0.5, 0.6) is 0 Å². The summed E-state index contributed by atoms with van der Waals surface area (Å²) in [6.07, 6.45) is 1.40. The van der Waals surface area contributed by atoms with E-state index in [4.69, 9.17) is 0 Å². The number of piperidine rings is 1. The maximum absolute atomic E-state index is 13.4. The lowest BCUT2D eigenvalue weighted by molar-refractivity contribution is -0.128. The van der Waals surface area contributed by atoms with Crippen LogP contribution < -0.4 is 10.6 Å². The van der Waals surface area contributed by atoms with Gasteiger partial charge in [-0.25, -0.2) is 8.42 Å². The van der Waals surface area contributed by atoms with Crippen molar-refractivity contribution in [3.05, 3.63) is 77.9 Å². The quantitative estimate of drug-likeness (QED) is 0.529. The molecule has 3 aromatic carbocycles. The maximum Gasteiger partial charge on any atom is 0.243 e. The minimum absolute atomic E-state index is 0.157. The van der Waals surface area contributed by atoms with Crippen LogP contribution in [-0.4, -0.2) is 49.7 Å². The first-order valence-corrected chi connectivity index (χ1v) is 13.3. The number of hydrogen-bond acceptors (Lipinski definition) is 4. The Morgan fingerprint density at radius 2 is 1.63 bits per heavy atom. The topological polar surface area (TPSA) is 95.6 Å². The second kappa shape index (κ2) is 10.6. The molecule has 0 aliphatic carbocycles. The molecule has 0 radical (unpaired) electrons. The molecule has 8 heteroatoms. The molecule has 0 saturated carbocycles. The maximum atomic E-state index is 13.4. The molecule has 1 heterocycles. The zero-order valence-electron chi connectivity index (χ0n) is 20.0. The van der Waals surface area contributed by atoms with E-state index < -0.39 is 16.1 Å². The third kappa shape index (κ3) is 5.89. The number of aryl methyl sites for hydroxylation is 1. The molecule has 0 bridgehead atoms. The van der Waals surface area contributed by atoms with E-state index in [0.717, 1.165) is 16.5 Å². The number of carbonyl (C=O) groups is 2. The monoisotopic (exact) mass is 493 g/mol. The minimum Gasteiger partial charge on any atom is -0.351 e. The van der Waals surface area contributed by atoms with Crippen LogP contribution >= 0.6 is 0 Å². The van der Waals surface area contributed by atoms with Crippen molar-refractivity contribution in [1.29, 1.82) is 0 Å². The van der Waals surface area contributed by atoms with Crippen molar-refractivity contribution in [1.82, 2.24) is 14.9 Å². The van der Waals surface area contributed by atoms with Crippen LogP contribution in [0.3, 0.4) is 0 Å². The third-order valence-corrected chi connectivity index (χ3v) is 8.38. The van der Waals surface area contributed by atoms with Crippen LogP contribution in [0.15, 0.2) is 71.6 Å². The Hall–Kier alpha value is -3.23. The molecule has 1 atom stereocenters. The van der Waals surface area contributed by atoms with Gasteiger partial charge in [0.2, 0.25) is 21.8 Å². The van der Waals surface area contributed by atoms with Crippen LogP contribution in [0, 0.1) is 6.92 Å². The molecule has 1 aliphatic rings. The Balaban J connectivity index is 1.40. The molecular formula is C27H31N3O4S. The Kier molecular flexibility index (Phi) is 7.52. The number of benzene rings is 3. The summed E-state index contributed by atoms with van der Waals surface area (Å²) in [5, 5.41) is 7.36. The van der Waals surface area contributed by atoms with E-state index >= 15 is 0 Å². The third-order valence-electron chi connectivity index (χ3n) is 6.42. The van der Waals surface area contributed by atoms with Crippen LogP contribution in [-0.2, 0) is 26.0 Å². The summed E-state index contributed by atoms with van der Waals surface area (Å²) in [4.78, 5) is 25.0. The minimum atomic E-state index is -3.65. The second-order valence-electron chi connectivity index (χ2n) is 9.11. The zero-order chi connectivity index (χ0) is 25.0. The molecule has 0 unspecified atom stereocenters. The molecule has 2 amide bonds. The number of nitrogens with zero attached hydrogens (tertiary/aromatic N) is 1. The first-order chi connectivity index (χ1) is 16.7. The summed E-state index contributed by atoms with van der Waals surface area (Å²) in [5.41, 5.74) is 2.08. The first kappa shape index (κ1) is 24.9. The van der Waals surface area contributed by atoms with Crippen molar-refractivity contribution in [2.75, 3.05) is 13.1 Å². The van der Waals surface area contributed by atoms with Gasteiger partial charge in [0.25, 0.3) is 0 Å². The molecule has 7 nitrogen and oxygen atoms in total. The summed E-state index contributed by atoms with van der Waals surface area (Å²) in [6.45, 7) is 4.03. The average molecular weight is 494 g/mol. The predicted molar refractivity (Wildman–Crippen MR) is 136 cm³/mol. The van der Waals surface area contributed by atoms with Crippen molar-refractivity contribution < 1.29 is 18.0 Å². The number of sulfonamides is 1. The summed E-state index contributed by atoms with van der Waals surface area (Å²) < 4.78 is 28.3. The molecule has 3 aromatic rings. The highest BCUT2D eigenvalue weighted by molar-refractivity contribution is 7.89. The summed E-state index contributed by atoms with van der Waals surface area (Å²) >= 11 is 0. The first-order valence-electron chi connectivity index (χ1n) is 11.8. The lowest BCUT2D eigenvalue weighted by Crippen LogP contribution is -2.53. The summed E-state index contributed by atoms with van der Waals surface area (Å²) in [5.74, 6) is -0.524. The highest BCUT2D eigenvalue weighted by Gasteiger charge is 2.32. The van der Waals surface area contributed by atoms with Crippen molar-refractivity contribution in [2.24, 2.45) is 0 Å². The number of fused-ring (bicyclic) bond motifs is 1. The van der Waals surface area contributed by atoms with Gasteiger partial charge in [-0.1, -0.05) is 66.2 Å². The van der Waals surface area contributed by atoms with E-state index in [1.165, 1.54) is 11.2 Å². The molecular weight excluding hydrogens is 462 g/mol. The standard InChI is InChI=1S/C27H31N3O4S/c1-19-10-12-21(13-11-19)18-25(28-20(2)31)27(32)29-23-14-16-30(17-15-23)35(33,34)26-9-5-7-22-6-3-4-8-24(22)26/h3-13,23,25H,14-18H2,1-2H3,(H,28,31)(H,29,32)/t25-/m1/s1. The fraction of sp³-hybridized carbons (Fsp3) is 0.333. The van der Waals surface area contributed by atoms with E-state index in [9.17, 15) is 18.0 Å². The van der Waals surface area contributed by atoms with Crippen molar-refractivity contribution >= 4 is 32.6 Å². The number of rotatable bonds is 7. The normalized spacial score (nSPS) is 16.1. The van der Waals surface area contributed by atoms with Gasteiger partial charge in [-0.2, -0.15) is 4.31 Å². The van der Waals surface area contributed by atoms with Crippen molar-refractivity contribution in [3.8, 4) is 0 Å². The van der Waals surface area contributed by atoms with Gasteiger partial charge in [0.1, 0.15) is 6.04 Å². The van der Waals surface area contributed by atoms with Crippen LogP contribution in [0.25, 0.3) is 10.8 Å². The Morgan fingerprint density at radius 3 is 2.31 bits per heavy atom. The molecule has 184 valence electrons. The van der Waals surface area contributed by atoms with Gasteiger partial charge in [-0.05, 0) is 36.8 Å². The molecule has 1 fully saturated rings. The van der Waals surface area contributed by atoms with Gasteiger partial charge in [-0.15, -0.1) is 0 Å². The highest BCUT2D eigenvalue weighted by Crippen LogP contribution is 2.27. The molecule has 1 saturated heterocycles. The molecule has 0 spiro atoms. The Bertz CT molecular complexity index is 1310. The zero-order valence-corrected chi connectivity index (χ0v) is 20.8. The largest absolute Gasteiger partial charge is 0.351 e. The lowest BCUT2D eigenvalue weighted by atomic mass is 10.0. The average Bonchev–Trinajstić information content (AvgIpc) is 2.84.